The second kappa shape index (κ2) is 6.59. The highest BCUT2D eigenvalue weighted by atomic mass is 32.2. The molecule has 3 nitrogen and oxygen atoms in total. The lowest BCUT2D eigenvalue weighted by Crippen LogP contribution is -2.16. The third-order valence-corrected chi connectivity index (χ3v) is 6.13. The van der Waals surface area contributed by atoms with E-state index in [4.69, 9.17) is 0 Å². The fourth-order valence-corrected chi connectivity index (χ4v) is 4.36. The highest BCUT2D eigenvalue weighted by molar-refractivity contribution is 8.00. The first-order chi connectivity index (χ1) is 8.38. The fourth-order valence-electron chi connectivity index (χ4n) is 1.48. The van der Waals surface area contributed by atoms with Crippen molar-refractivity contribution in [2.24, 2.45) is 0 Å². The van der Waals surface area contributed by atoms with Gasteiger partial charge in [0.25, 0.3) is 0 Å². The maximum Gasteiger partial charge on any atom is 0.179 e. The Hall–Kier alpha value is -0.520. The van der Waals surface area contributed by atoms with Gasteiger partial charge in [0, 0.05) is 10.1 Å². The van der Waals surface area contributed by atoms with Gasteiger partial charge in [0.15, 0.2) is 9.84 Å². The summed E-state index contributed by atoms with van der Waals surface area (Å²) < 4.78 is 24.3. The molecule has 0 bridgehead atoms. The van der Waals surface area contributed by atoms with Crippen LogP contribution in [0.15, 0.2) is 34.1 Å². The van der Waals surface area contributed by atoms with Crippen LogP contribution < -0.4 is 0 Å². The lowest BCUT2D eigenvalue weighted by atomic mass is 10.3. The first kappa shape index (κ1) is 15.5. The molecule has 0 aliphatic heterocycles. The number of thioether (sulfide) groups is 1. The number of hydrogen-bond donors (Lipinski definition) is 1. The maximum absolute atomic E-state index is 12.1. The van der Waals surface area contributed by atoms with Gasteiger partial charge in [0.1, 0.15) is 0 Å². The van der Waals surface area contributed by atoms with Crippen LogP contribution in [-0.2, 0) is 9.84 Å². The van der Waals surface area contributed by atoms with E-state index in [0.29, 0.717) is 11.3 Å². The molecule has 1 aromatic carbocycles. The van der Waals surface area contributed by atoms with Gasteiger partial charge in [0.2, 0.25) is 0 Å². The van der Waals surface area contributed by atoms with Gasteiger partial charge < -0.3 is 5.11 Å². The van der Waals surface area contributed by atoms with Gasteiger partial charge in [-0.1, -0.05) is 26.0 Å². The minimum atomic E-state index is -3.21. The van der Waals surface area contributed by atoms with E-state index in [1.165, 1.54) is 11.8 Å². The van der Waals surface area contributed by atoms with E-state index in [2.05, 4.69) is 0 Å². The van der Waals surface area contributed by atoms with Crippen molar-refractivity contribution in [1.82, 2.24) is 0 Å². The summed E-state index contributed by atoms with van der Waals surface area (Å²) in [6.45, 7) is 5.45. The summed E-state index contributed by atoms with van der Waals surface area (Å²) in [6, 6.07) is 7.00. The quantitative estimate of drug-likeness (QED) is 0.818. The van der Waals surface area contributed by atoms with Crippen LogP contribution in [0.25, 0.3) is 0 Å². The van der Waals surface area contributed by atoms with Gasteiger partial charge in [-0.05, 0) is 25.5 Å². The SMILES string of the molecule is CCCS(=O)(=O)c1ccccc1SC(C)C(C)O. The Morgan fingerprint density at radius 3 is 2.44 bits per heavy atom. The lowest BCUT2D eigenvalue weighted by Gasteiger charge is -2.16. The first-order valence-electron chi connectivity index (χ1n) is 6.05. The summed E-state index contributed by atoms with van der Waals surface area (Å²) >= 11 is 1.40. The number of aliphatic hydroxyl groups excluding tert-OH is 1. The van der Waals surface area contributed by atoms with Crippen LogP contribution in [0.3, 0.4) is 0 Å². The fraction of sp³-hybridized carbons (Fsp3) is 0.538. The molecule has 0 saturated heterocycles. The van der Waals surface area contributed by atoms with Crippen molar-refractivity contribution in [3.63, 3.8) is 0 Å². The molecule has 5 heteroatoms. The highest BCUT2D eigenvalue weighted by Crippen LogP contribution is 2.31. The topological polar surface area (TPSA) is 54.4 Å². The number of rotatable bonds is 6. The smallest absolute Gasteiger partial charge is 0.179 e. The number of aliphatic hydroxyl groups is 1. The molecule has 0 heterocycles. The third kappa shape index (κ3) is 4.00. The van der Waals surface area contributed by atoms with E-state index in [-0.39, 0.29) is 11.0 Å². The first-order valence-corrected chi connectivity index (χ1v) is 8.58. The third-order valence-electron chi connectivity index (χ3n) is 2.65. The van der Waals surface area contributed by atoms with Crippen LogP contribution in [-0.4, -0.2) is 30.6 Å². The Morgan fingerprint density at radius 2 is 1.89 bits per heavy atom. The van der Waals surface area contributed by atoms with Gasteiger partial charge >= 0.3 is 0 Å². The van der Waals surface area contributed by atoms with Crippen molar-refractivity contribution in [3.05, 3.63) is 24.3 Å². The Morgan fingerprint density at radius 1 is 1.28 bits per heavy atom. The molecule has 2 atom stereocenters. The Kier molecular flexibility index (Phi) is 5.69. The molecule has 1 N–H and O–H groups in total. The van der Waals surface area contributed by atoms with E-state index in [1.54, 1.807) is 25.1 Å². The largest absolute Gasteiger partial charge is 0.392 e. The standard InChI is InChI=1S/C13H20O3S2/c1-4-9-18(15,16)13-8-6-5-7-12(13)17-11(3)10(2)14/h5-8,10-11,14H,4,9H2,1-3H3. The summed E-state index contributed by atoms with van der Waals surface area (Å²) in [5.41, 5.74) is 0. The van der Waals surface area contributed by atoms with Crippen molar-refractivity contribution >= 4 is 21.6 Å². The van der Waals surface area contributed by atoms with E-state index in [0.717, 1.165) is 4.90 Å². The summed E-state index contributed by atoms with van der Waals surface area (Å²) in [7, 11) is -3.21. The second-order valence-corrected chi connectivity index (χ2v) is 7.83. The van der Waals surface area contributed by atoms with Crippen molar-refractivity contribution in [2.45, 2.75) is 48.3 Å². The van der Waals surface area contributed by atoms with Crippen molar-refractivity contribution in [2.75, 3.05) is 5.75 Å². The molecule has 102 valence electrons. The van der Waals surface area contributed by atoms with Crippen molar-refractivity contribution in [3.8, 4) is 0 Å². The summed E-state index contributed by atoms with van der Waals surface area (Å²) in [4.78, 5) is 1.10. The van der Waals surface area contributed by atoms with Gasteiger partial charge in [-0.2, -0.15) is 0 Å². The molecule has 0 aliphatic rings. The zero-order valence-electron chi connectivity index (χ0n) is 11.0. The average Bonchev–Trinajstić information content (AvgIpc) is 2.29. The summed E-state index contributed by atoms with van der Waals surface area (Å²) in [5.74, 6) is 0.160. The predicted molar refractivity (Wildman–Crippen MR) is 75.8 cm³/mol. The molecule has 18 heavy (non-hydrogen) atoms. The van der Waals surface area contributed by atoms with Gasteiger partial charge in [0.05, 0.1) is 16.8 Å². The van der Waals surface area contributed by atoms with E-state index in [9.17, 15) is 13.5 Å². The molecule has 0 saturated carbocycles. The van der Waals surface area contributed by atoms with Crippen LogP contribution >= 0.6 is 11.8 Å². The lowest BCUT2D eigenvalue weighted by molar-refractivity contribution is 0.196. The summed E-state index contributed by atoms with van der Waals surface area (Å²) in [6.07, 6.45) is 0.129. The minimum absolute atomic E-state index is 0.0389. The molecule has 1 aromatic rings. The van der Waals surface area contributed by atoms with Crippen LogP contribution in [0.2, 0.25) is 0 Å². The predicted octanol–water partition coefficient (Wildman–Crippen LogP) is 2.73. The number of hydrogen-bond acceptors (Lipinski definition) is 4. The summed E-state index contributed by atoms with van der Waals surface area (Å²) in [5, 5.41) is 9.47. The van der Waals surface area contributed by atoms with Gasteiger partial charge in [-0.3, -0.25) is 0 Å². The van der Waals surface area contributed by atoms with Crippen LogP contribution in [0.4, 0.5) is 0 Å². The van der Waals surface area contributed by atoms with E-state index >= 15 is 0 Å². The maximum atomic E-state index is 12.1. The molecule has 0 aromatic heterocycles. The molecule has 2 unspecified atom stereocenters. The van der Waals surface area contributed by atoms with E-state index in [1.807, 2.05) is 19.9 Å². The van der Waals surface area contributed by atoms with Crippen LogP contribution in [0, 0.1) is 0 Å². The molecule has 0 amide bonds. The molecule has 0 aliphatic carbocycles. The Bertz CT molecular complexity index is 481. The minimum Gasteiger partial charge on any atom is -0.392 e. The monoisotopic (exact) mass is 288 g/mol. The Balaban J connectivity index is 3.07. The molecular weight excluding hydrogens is 268 g/mol. The average molecular weight is 288 g/mol. The Labute approximate surface area is 114 Å². The van der Waals surface area contributed by atoms with Crippen LogP contribution in [0.5, 0.6) is 0 Å². The zero-order chi connectivity index (χ0) is 13.8. The molecule has 1 rings (SSSR count). The number of sulfone groups is 1. The number of benzene rings is 1. The zero-order valence-corrected chi connectivity index (χ0v) is 12.6. The van der Waals surface area contributed by atoms with Gasteiger partial charge in [-0.15, -0.1) is 11.8 Å². The molecule has 0 radical (unpaired) electrons. The highest BCUT2D eigenvalue weighted by Gasteiger charge is 2.20. The van der Waals surface area contributed by atoms with Crippen molar-refractivity contribution < 1.29 is 13.5 Å². The molecular formula is C13H20O3S2. The van der Waals surface area contributed by atoms with Gasteiger partial charge in [-0.25, -0.2) is 8.42 Å². The van der Waals surface area contributed by atoms with Crippen LogP contribution in [0.1, 0.15) is 27.2 Å². The van der Waals surface area contributed by atoms with E-state index < -0.39 is 15.9 Å². The normalized spacial score (nSPS) is 15.3. The molecule has 0 fully saturated rings. The second-order valence-electron chi connectivity index (χ2n) is 4.33. The van der Waals surface area contributed by atoms with Crippen molar-refractivity contribution in [1.29, 1.82) is 0 Å². The molecule has 0 spiro atoms.